The van der Waals surface area contributed by atoms with Gasteiger partial charge in [0, 0.05) is 17.1 Å². The van der Waals surface area contributed by atoms with Crippen molar-refractivity contribution in [3.63, 3.8) is 0 Å². The minimum atomic E-state index is -3.63. The highest BCUT2D eigenvalue weighted by Gasteiger charge is 2.19. The van der Waals surface area contributed by atoms with Crippen LogP contribution in [-0.2, 0) is 22.1 Å². The number of ether oxygens (including phenoxy) is 2. The van der Waals surface area contributed by atoms with E-state index in [0.29, 0.717) is 16.5 Å². The fraction of sp³-hybridized carbons (Fsp3) is 0.190. The van der Waals surface area contributed by atoms with Gasteiger partial charge in [0.05, 0.1) is 19.1 Å². The van der Waals surface area contributed by atoms with E-state index in [-0.39, 0.29) is 28.7 Å². The molecular formula is C21H20ClNO6S. The number of methoxy groups -OCH3 is 2. The highest BCUT2D eigenvalue weighted by atomic mass is 35.5. The maximum Gasteiger partial charge on any atom is 0.287 e. The van der Waals surface area contributed by atoms with Crippen LogP contribution < -0.4 is 14.8 Å². The van der Waals surface area contributed by atoms with Gasteiger partial charge in [-0.2, -0.15) is 0 Å². The van der Waals surface area contributed by atoms with Gasteiger partial charge in [-0.3, -0.25) is 4.79 Å². The van der Waals surface area contributed by atoms with E-state index in [9.17, 15) is 13.2 Å². The first kappa shape index (κ1) is 21.7. The van der Waals surface area contributed by atoms with Crippen LogP contribution in [0.25, 0.3) is 0 Å². The average Bonchev–Trinajstić information content (AvgIpc) is 3.19. The predicted octanol–water partition coefficient (Wildman–Crippen LogP) is 3.85. The van der Waals surface area contributed by atoms with Gasteiger partial charge in [-0.05, 0) is 54.6 Å². The molecule has 0 saturated carbocycles. The van der Waals surface area contributed by atoms with Crippen LogP contribution in [0, 0.1) is 0 Å². The van der Waals surface area contributed by atoms with Crippen molar-refractivity contribution in [2.75, 3.05) is 14.2 Å². The van der Waals surface area contributed by atoms with Gasteiger partial charge < -0.3 is 19.2 Å². The first-order chi connectivity index (χ1) is 14.3. The van der Waals surface area contributed by atoms with Crippen LogP contribution in [-0.4, -0.2) is 28.5 Å². The van der Waals surface area contributed by atoms with Crippen molar-refractivity contribution >= 4 is 27.3 Å². The monoisotopic (exact) mass is 449 g/mol. The molecule has 1 heterocycles. The molecule has 3 aromatic rings. The van der Waals surface area contributed by atoms with Crippen LogP contribution in [0.4, 0.5) is 0 Å². The van der Waals surface area contributed by atoms with Gasteiger partial charge in [0.25, 0.3) is 5.91 Å². The highest BCUT2D eigenvalue weighted by Crippen LogP contribution is 2.24. The number of carbonyl (C=O) groups excluding carboxylic acids is 1. The van der Waals surface area contributed by atoms with Crippen LogP contribution in [0.3, 0.4) is 0 Å². The SMILES string of the molecule is COc1ccc(OC)c(CNC(=O)c2ccc(CS(=O)(=O)c3ccc(Cl)cc3)o2)c1. The second kappa shape index (κ2) is 9.23. The molecule has 9 heteroatoms. The lowest BCUT2D eigenvalue weighted by Gasteiger charge is -2.11. The van der Waals surface area contributed by atoms with E-state index in [1.54, 1.807) is 25.3 Å². The Bertz CT molecular complexity index is 1140. The average molecular weight is 450 g/mol. The second-order valence-electron chi connectivity index (χ2n) is 6.34. The summed E-state index contributed by atoms with van der Waals surface area (Å²) in [6.45, 7) is 0.179. The van der Waals surface area contributed by atoms with E-state index in [2.05, 4.69) is 5.32 Å². The van der Waals surface area contributed by atoms with Gasteiger partial charge in [-0.15, -0.1) is 0 Å². The quantitative estimate of drug-likeness (QED) is 0.561. The molecule has 0 saturated heterocycles. The van der Waals surface area contributed by atoms with Crippen molar-refractivity contribution in [1.82, 2.24) is 5.32 Å². The number of sulfone groups is 1. The van der Waals surface area contributed by atoms with Crippen molar-refractivity contribution in [3.8, 4) is 11.5 Å². The van der Waals surface area contributed by atoms with E-state index in [1.807, 2.05) is 0 Å². The Balaban J connectivity index is 1.67. The molecule has 3 rings (SSSR count). The number of amides is 1. The third-order valence-electron chi connectivity index (χ3n) is 4.32. The number of hydrogen-bond donors (Lipinski definition) is 1. The molecule has 7 nitrogen and oxygen atoms in total. The zero-order chi connectivity index (χ0) is 21.7. The Hall–Kier alpha value is -2.97. The molecule has 0 aliphatic heterocycles. The molecule has 0 aliphatic rings. The van der Waals surface area contributed by atoms with E-state index in [4.69, 9.17) is 25.5 Å². The zero-order valence-corrected chi connectivity index (χ0v) is 17.9. The number of halogens is 1. The third kappa shape index (κ3) is 5.14. The molecule has 30 heavy (non-hydrogen) atoms. The van der Waals surface area contributed by atoms with Crippen molar-refractivity contribution in [3.05, 3.63) is 76.7 Å². The molecule has 1 N–H and O–H groups in total. The number of benzene rings is 2. The van der Waals surface area contributed by atoms with Gasteiger partial charge in [-0.25, -0.2) is 8.42 Å². The molecule has 0 spiro atoms. The smallest absolute Gasteiger partial charge is 0.287 e. The summed E-state index contributed by atoms with van der Waals surface area (Å²) in [4.78, 5) is 12.5. The van der Waals surface area contributed by atoms with Crippen LogP contribution in [0.15, 0.2) is 63.9 Å². The minimum absolute atomic E-state index is 0.0122. The summed E-state index contributed by atoms with van der Waals surface area (Å²) in [7, 11) is -0.546. The molecule has 0 unspecified atom stereocenters. The summed E-state index contributed by atoms with van der Waals surface area (Å²) < 4.78 is 40.9. The Morgan fingerprint density at radius 3 is 2.43 bits per heavy atom. The van der Waals surface area contributed by atoms with Gasteiger partial charge in [-0.1, -0.05) is 11.6 Å². The van der Waals surface area contributed by atoms with Crippen LogP contribution in [0.2, 0.25) is 5.02 Å². The third-order valence-corrected chi connectivity index (χ3v) is 6.22. The number of carbonyl (C=O) groups is 1. The van der Waals surface area contributed by atoms with Gasteiger partial charge in [0.1, 0.15) is 23.0 Å². The number of hydrogen-bond acceptors (Lipinski definition) is 6. The van der Waals surface area contributed by atoms with Crippen LogP contribution in [0.1, 0.15) is 21.9 Å². The predicted molar refractivity (Wildman–Crippen MR) is 112 cm³/mol. The summed E-state index contributed by atoms with van der Waals surface area (Å²) in [6.07, 6.45) is 0. The Kier molecular flexibility index (Phi) is 6.69. The van der Waals surface area contributed by atoms with Crippen molar-refractivity contribution in [2.24, 2.45) is 0 Å². The molecule has 0 fully saturated rings. The largest absolute Gasteiger partial charge is 0.497 e. The molecular weight excluding hydrogens is 430 g/mol. The second-order valence-corrected chi connectivity index (χ2v) is 8.77. The molecule has 2 aromatic carbocycles. The van der Waals surface area contributed by atoms with E-state index < -0.39 is 15.7 Å². The first-order valence-electron chi connectivity index (χ1n) is 8.88. The van der Waals surface area contributed by atoms with E-state index in [0.717, 1.165) is 5.56 Å². The number of furan rings is 1. The number of rotatable bonds is 8. The standard InChI is InChI=1S/C21H20ClNO6S/c1-27-16-5-9-19(28-2)14(11-16)12-23-21(24)20-10-6-17(29-20)13-30(25,26)18-7-3-15(22)4-8-18/h3-11H,12-13H2,1-2H3,(H,23,24). The Labute approximate surface area is 179 Å². The summed E-state index contributed by atoms with van der Waals surface area (Å²) >= 11 is 5.80. The zero-order valence-electron chi connectivity index (χ0n) is 16.3. The molecule has 158 valence electrons. The fourth-order valence-corrected chi connectivity index (χ4v) is 4.15. The lowest BCUT2D eigenvalue weighted by atomic mass is 10.2. The molecule has 1 aromatic heterocycles. The van der Waals surface area contributed by atoms with Crippen molar-refractivity contribution < 1.29 is 27.1 Å². The maximum atomic E-state index is 12.5. The molecule has 0 bridgehead atoms. The lowest BCUT2D eigenvalue weighted by molar-refractivity contribution is 0.0921. The topological polar surface area (TPSA) is 94.8 Å². The first-order valence-corrected chi connectivity index (χ1v) is 10.9. The fourth-order valence-electron chi connectivity index (χ4n) is 2.77. The Morgan fingerprint density at radius 2 is 1.77 bits per heavy atom. The molecule has 0 aliphatic carbocycles. The van der Waals surface area contributed by atoms with Crippen molar-refractivity contribution in [2.45, 2.75) is 17.2 Å². The molecule has 0 radical (unpaired) electrons. The van der Waals surface area contributed by atoms with Gasteiger partial charge in [0.2, 0.25) is 0 Å². The summed E-state index contributed by atoms with van der Waals surface area (Å²) in [5.41, 5.74) is 0.724. The minimum Gasteiger partial charge on any atom is -0.497 e. The van der Waals surface area contributed by atoms with Gasteiger partial charge >= 0.3 is 0 Å². The van der Waals surface area contributed by atoms with E-state index in [1.165, 1.54) is 43.5 Å². The Morgan fingerprint density at radius 1 is 1.03 bits per heavy atom. The summed E-state index contributed by atoms with van der Waals surface area (Å²) in [5.74, 6) is 0.561. The van der Waals surface area contributed by atoms with Crippen LogP contribution in [0.5, 0.6) is 11.5 Å². The molecule has 1 amide bonds. The highest BCUT2D eigenvalue weighted by molar-refractivity contribution is 7.90. The molecule has 0 atom stereocenters. The van der Waals surface area contributed by atoms with Crippen LogP contribution >= 0.6 is 11.6 Å². The van der Waals surface area contributed by atoms with E-state index >= 15 is 0 Å². The number of nitrogens with one attached hydrogen (secondary N) is 1. The summed E-state index contributed by atoms with van der Waals surface area (Å²) in [5, 5.41) is 3.17. The normalized spacial score (nSPS) is 11.2. The maximum absolute atomic E-state index is 12.5. The van der Waals surface area contributed by atoms with Gasteiger partial charge in [0.15, 0.2) is 15.6 Å². The lowest BCUT2D eigenvalue weighted by Crippen LogP contribution is -2.22. The summed E-state index contributed by atoms with van der Waals surface area (Å²) in [6, 6.07) is 14.0. The van der Waals surface area contributed by atoms with Crippen molar-refractivity contribution in [1.29, 1.82) is 0 Å².